The van der Waals surface area contributed by atoms with Crippen molar-refractivity contribution >= 4 is 33.4 Å². The van der Waals surface area contributed by atoms with Crippen LogP contribution in [-0.2, 0) is 29.5 Å². The molecule has 0 aliphatic heterocycles. The second kappa shape index (κ2) is 11.9. The Morgan fingerprint density at radius 3 is 2.30 bits per heavy atom. The first-order valence-corrected chi connectivity index (χ1v) is 13.0. The molecule has 37 heavy (non-hydrogen) atoms. The Kier molecular flexibility index (Phi) is 9.11. The lowest BCUT2D eigenvalue weighted by Gasteiger charge is -2.16. The second-order valence-corrected chi connectivity index (χ2v) is 10.2. The van der Waals surface area contributed by atoms with E-state index in [1.54, 1.807) is 18.2 Å². The van der Waals surface area contributed by atoms with Gasteiger partial charge in [-0.15, -0.1) is 4.48 Å². The molecule has 2 aromatic carbocycles. The lowest BCUT2D eigenvalue weighted by molar-refractivity contribution is 0.0692. The van der Waals surface area contributed by atoms with Crippen molar-refractivity contribution in [2.75, 3.05) is 0 Å². The summed E-state index contributed by atoms with van der Waals surface area (Å²) in [6.45, 7) is 0.913. The number of carboxylic acids is 1. The van der Waals surface area contributed by atoms with Gasteiger partial charge < -0.3 is 9.67 Å². The monoisotopic (exact) mass is 557 g/mol. The Morgan fingerprint density at radius 2 is 1.73 bits per heavy atom. The number of aryl methyl sites for hydroxylation is 1. The highest BCUT2D eigenvalue weighted by Gasteiger charge is 2.34. The number of hydrogen-bond donors (Lipinski definition) is 1. The van der Waals surface area contributed by atoms with Crippen LogP contribution in [0, 0.1) is 0 Å². The Balaban J connectivity index is 1.92. The van der Waals surface area contributed by atoms with Crippen molar-refractivity contribution in [1.82, 2.24) is 14.1 Å². The van der Waals surface area contributed by atoms with Crippen molar-refractivity contribution in [2.24, 2.45) is 0 Å². The predicted molar refractivity (Wildman–Crippen MR) is 130 cm³/mol. The van der Waals surface area contributed by atoms with E-state index in [4.69, 9.17) is 11.6 Å². The molecule has 0 saturated heterocycles. The third-order valence-electron chi connectivity index (χ3n) is 5.59. The first kappa shape index (κ1) is 28.4. The van der Waals surface area contributed by atoms with Gasteiger partial charge in [0.05, 0.1) is 17.8 Å². The fraction of sp³-hybridized carbons (Fsp3) is 0.292. The molecule has 1 N–H and O–H groups in total. The summed E-state index contributed by atoms with van der Waals surface area (Å²) in [6, 6.07) is 12.0. The molecule has 8 nitrogen and oxygen atoms in total. The van der Waals surface area contributed by atoms with E-state index >= 15 is 0 Å². The normalized spacial score (nSPS) is 11.9. The van der Waals surface area contributed by atoms with Gasteiger partial charge >= 0.3 is 21.8 Å². The number of carbonyl (C=O) groups is 2. The highest BCUT2D eigenvalue weighted by atomic mass is 35.5. The summed E-state index contributed by atoms with van der Waals surface area (Å²) in [4.78, 5) is 28.5. The Bertz CT molecular complexity index is 1400. The topological polar surface area (TPSA) is 110 Å². The summed E-state index contributed by atoms with van der Waals surface area (Å²) >= 11 is 6.14. The van der Waals surface area contributed by atoms with Gasteiger partial charge in [-0.3, -0.25) is 4.79 Å². The van der Waals surface area contributed by atoms with Gasteiger partial charge in [0.15, 0.2) is 10.9 Å². The van der Waals surface area contributed by atoms with Crippen LogP contribution >= 0.6 is 11.6 Å². The molecule has 13 heteroatoms. The fourth-order valence-electron chi connectivity index (χ4n) is 3.63. The van der Waals surface area contributed by atoms with E-state index in [9.17, 15) is 36.4 Å². The van der Waals surface area contributed by atoms with E-state index in [2.05, 4.69) is 4.98 Å². The van der Waals surface area contributed by atoms with E-state index in [0.29, 0.717) is 24.2 Å². The van der Waals surface area contributed by atoms with E-state index in [-0.39, 0.29) is 34.1 Å². The van der Waals surface area contributed by atoms with Crippen LogP contribution in [0.2, 0.25) is 5.15 Å². The Labute approximate surface area is 216 Å². The molecule has 198 valence electrons. The maximum atomic E-state index is 14.3. The van der Waals surface area contributed by atoms with Crippen LogP contribution in [0.15, 0.2) is 48.5 Å². The number of carbonyl (C=O) groups excluding carboxylic acids is 1. The van der Waals surface area contributed by atoms with Crippen LogP contribution in [0.1, 0.15) is 63.1 Å². The molecule has 0 bridgehead atoms. The Morgan fingerprint density at radius 1 is 1.11 bits per heavy atom. The van der Waals surface area contributed by atoms with Gasteiger partial charge in [0, 0.05) is 24.1 Å². The van der Waals surface area contributed by atoms with Gasteiger partial charge in [0.1, 0.15) is 5.82 Å². The number of ketones is 1. The number of imidazole rings is 1. The molecular formula is C24H23ClF3N3O5S. The summed E-state index contributed by atoms with van der Waals surface area (Å²) in [7, 11) is -5.49. The number of carboxylic acid groups (broad SMARTS) is 1. The molecule has 0 fully saturated rings. The Hall–Kier alpha value is -3.22. The molecule has 1 heterocycles. The highest BCUT2D eigenvalue weighted by Crippen LogP contribution is 2.25. The molecule has 0 radical (unpaired) electrons. The minimum Gasteiger partial charge on any atom is -0.478 e. The molecule has 1 aromatic heterocycles. The van der Waals surface area contributed by atoms with Crippen molar-refractivity contribution in [3.8, 4) is 0 Å². The zero-order valence-electron chi connectivity index (χ0n) is 19.6. The molecule has 3 rings (SSSR count). The van der Waals surface area contributed by atoms with Gasteiger partial charge in [-0.2, -0.15) is 8.78 Å². The fourth-order valence-corrected chi connectivity index (χ4v) is 4.36. The minimum atomic E-state index is -5.49. The van der Waals surface area contributed by atoms with Crippen LogP contribution in [-0.4, -0.2) is 45.1 Å². The number of sulfonamides is 1. The summed E-state index contributed by atoms with van der Waals surface area (Å²) < 4.78 is 63.4. The SMILES string of the molecule is CCCCc1nc(Cl)c(CN(F)S(=O)(=O)C(F)F)n1Cc1ccc(C(=O)c2ccccc2C(=O)O)cc1. The molecule has 0 atom stereocenters. The lowest BCUT2D eigenvalue weighted by Crippen LogP contribution is -2.29. The van der Waals surface area contributed by atoms with Crippen LogP contribution in [0.5, 0.6) is 0 Å². The van der Waals surface area contributed by atoms with Gasteiger partial charge in [0.2, 0.25) is 0 Å². The van der Waals surface area contributed by atoms with E-state index in [1.165, 1.54) is 34.9 Å². The van der Waals surface area contributed by atoms with E-state index in [1.807, 2.05) is 6.92 Å². The molecule has 0 spiro atoms. The smallest absolute Gasteiger partial charge is 0.352 e. The number of unbranched alkanes of at least 4 members (excludes halogenated alkanes) is 1. The number of aromatic carboxylic acids is 1. The summed E-state index contributed by atoms with van der Waals surface area (Å²) in [5, 5.41) is 9.13. The third kappa shape index (κ3) is 6.38. The largest absolute Gasteiger partial charge is 0.478 e. The summed E-state index contributed by atoms with van der Waals surface area (Å²) in [6.07, 6.45) is 1.91. The van der Waals surface area contributed by atoms with Crippen LogP contribution in [0.3, 0.4) is 0 Å². The lowest BCUT2D eigenvalue weighted by atomic mass is 9.97. The zero-order chi connectivity index (χ0) is 27.3. The van der Waals surface area contributed by atoms with Gasteiger partial charge in [-0.25, -0.2) is 18.2 Å². The van der Waals surface area contributed by atoms with Crippen LogP contribution < -0.4 is 0 Å². The molecule has 0 aliphatic carbocycles. The standard InChI is InChI=1S/C24H23ClF3N3O5S/c1-2-3-8-20-29-22(25)19(14-31(28)37(35,36)24(26)27)30(20)13-15-9-11-16(12-10-15)21(32)17-6-4-5-7-18(17)23(33)34/h4-7,9-12,24H,2-3,8,13-14H2,1H3,(H,33,34). The summed E-state index contributed by atoms with van der Waals surface area (Å²) in [5.74, 6) is -5.26. The van der Waals surface area contributed by atoms with Crippen molar-refractivity contribution in [2.45, 2.75) is 45.0 Å². The van der Waals surface area contributed by atoms with E-state index < -0.39 is 38.6 Å². The number of nitrogens with zero attached hydrogens (tertiary/aromatic N) is 3. The number of aromatic nitrogens is 2. The van der Waals surface area contributed by atoms with Crippen LogP contribution in [0.4, 0.5) is 13.3 Å². The summed E-state index contributed by atoms with van der Waals surface area (Å²) in [5.41, 5.74) is 0.611. The molecule has 0 amide bonds. The van der Waals surface area contributed by atoms with Gasteiger partial charge in [-0.1, -0.05) is 67.4 Å². The van der Waals surface area contributed by atoms with Crippen LogP contribution in [0.25, 0.3) is 0 Å². The number of alkyl halides is 2. The minimum absolute atomic E-state index is 0.0246. The van der Waals surface area contributed by atoms with Gasteiger partial charge in [0.25, 0.3) is 0 Å². The first-order chi connectivity index (χ1) is 17.5. The average Bonchev–Trinajstić information content (AvgIpc) is 3.16. The average molecular weight is 558 g/mol. The number of rotatable bonds is 12. The van der Waals surface area contributed by atoms with E-state index in [0.717, 1.165) is 6.42 Å². The van der Waals surface area contributed by atoms with Gasteiger partial charge in [-0.05, 0) is 22.6 Å². The second-order valence-electron chi connectivity index (χ2n) is 8.08. The van der Waals surface area contributed by atoms with Crippen molar-refractivity contribution in [3.63, 3.8) is 0 Å². The molecular weight excluding hydrogens is 535 g/mol. The quantitative estimate of drug-likeness (QED) is 0.245. The number of benzene rings is 2. The molecule has 0 aliphatic rings. The maximum Gasteiger partial charge on any atom is 0.352 e. The molecule has 0 saturated carbocycles. The highest BCUT2D eigenvalue weighted by molar-refractivity contribution is 7.89. The third-order valence-corrected chi connectivity index (χ3v) is 7.03. The predicted octanol–water partition coefficient (Wildman–Crippen LogP) is 5.10. The zero-order valence-corrected chi connectivity index (χ0v) is 21.1. The maximum absolute atomic E-state index is 14.3. The molecule has 0 unspecified atom stereocenters. The number of halogens is 4. The van der Waals surface area contributed by atoms with Crippen molar-refractivity contribution in [3.05, 3.63) is 87.5 Å². The number of hydrogen-bond acceptors (Lipinski definition) is 5. The first-order valence-electron chi connectivity index (χ1n) is 11.1. The van der Waals surface area contributed by atoms with Crippen molar-refractivity contribution in [1.29, 1.82) is 0 Å². The molecule has 3 aromatic rings. The van der Waals surface area contributed by atoms with Crippen molar-refractivity contribution < 1.29 is 36.4 Å².